The quantitative estimate of drug-likeness (QED) is 0.786. The molecule has 0 saturated heterocycles. The van der Waals surface area contributed by atoms with E-state index in [4.69, 9.17) is 4.74 Å². The molecule has 0 spiro atoms. The second-order valence-electron chi connectivity index (χ2n) is 5.18. The van der Waals surface area contributed by atoms with Crippen LogP contribution in [0.4, 0.5) is 5.69 Å². The molecule has 0 aliphatic rings. The van der Waals surface area contributed by atoms with Crippen molar-refractivity contribution in [3.8, 4) is 5.75 Å². The number of pyridine rings is 1. The number of aryl methyl sites for hydroxylation is 1. The molecule has 3 aromatic rings. The molecule has 6 heteroatoms. The average molecular weight is 310 g/mol. The summed E-state index contributed by atoms with van der Waals surface area (Å²) in [7, 11) is 0. The minimum atomic E-state index is -0.0784. The van der Waals surface area contributed by atoms with Crippen LogP contribution in [-0.2, 0) is 11.2 Å². The molecule has 0 saturated carbocycles. The number of ether oxygens (including phenoxy) is 1. The Kier molecular flexibility index (Phi) is 4.23. The van der Waals surface area contributed by atoms with E-state index in [2.05, 4.69) is 15.4 Å². The van der Waals surface area contributed by atoms with Crippen molar-refractivity contribution in [3.63, 3.8) is 0 Å². The highest BCUT2D eigenvalue weighted by Crippen LogP contribution is 2.14. The topological polar surface area (TPSA) is 68.5 Å². The molecule has 1 N–H and O–H groups in total. The van der Waals surface area contributed by atoms with Crippen molar-refractivity contribution in [2.24, 2.45) is 0 Å². The molecule has 0 unspecified atom stereocenters. The molecule has 0 fully saturated rings. The third-order valence-electron chi connectivity index (χ3n) is 3.32. The lowest BCUT2D eigenvalue weighted by molar-refractivity contribution is -0.115. The molecule has 0 atom stereocenters. The van der Waals surface area contributed by atoms with Gasteiger partial charge in [0.2, 0.25) is 5.91 Å². The molecule has 1 amide bonds. The predicted molar refractivity (Wildman–Crippen MR) is 87.7 cm³/mol. The zero-order valence-corrected chi connectivity index (χ0v) is 13.1. The number of rotatable bonds is 5. The third kappa shape index (κ3) is 3.66. The van der Waals surface area contributed by atoms with Crippen molar-refractivity contribution in [3.05, 3.63) is 54.0 Å². The van der Waals surface area contributed by atoms with Gasteiger partial charge in [0.1, 0.15) is 11.6 Å². The van der Waals surface area contributed by atoms with Gasteiger partial charge in [-0.05, 0) is 43.7 Å². The van der Waals surface area contributed by atoms with Gasteiger partial charge in [-0.2, -0.15) is 5.10 Å². The van der Waals surface area contributed by atoms with E-state index >= 15 is 0 Å². The van der Waals surface area contributed by atoms with Crippen molar-refractivity contribution in [2.45, 2.75) is 20.3 Å². The number of hydrogen-bond acceptors (Lipinski definition) is 4. The Labute approximate surface area is 134 Å². The monoisotopic (exact) mass is 310 g/mol. The third-order valence-corrected chi connectivity index (χ3v) is 3.32. The lowest BCUT2D eigenvalue weighted by atomic mass is 10.1. The van der Waals surface area contributed by atoms with E-state index in [0.717, 1.165) is 17.0 Å². The summed E-state index contributed by atoms with van der Waals surface area (Å²) in [5.41, 5.74) is 2.38. The summed E-state index contributed by atoms with van der Waals surface area (Å²) in [5.74, 6) is 1.43. The zero-order chi connectivity index (χ0) is 16.2. The fourth-order valence-electron chi connectivity index (χ4n) is 2.33. The van der Waals surface area contributed by atoms with Gasteiger partial charge in [-0.3, -0.25) is 4.79 Å². The number of aromatic nitrogens is 3. The maximum Gasteiger partial charge on any atom is 0.228 e. The van der Waals surface area contributed by atoms with Gasteiger partial charge in [-0.15, -0.1) is 0 Å². The van der Waals surface area contributed by atoms with Gasteiger partial charge < -0.3 is 10.1 Å². The molecule has 2 aromatic heterocycles. The van der Waals surface area contributed by atoms with E-state index in [9.17, 15) is 4.79 Å². The highest BCUT2D eigenvalue weighted by atomic mass is 16.5. The summed E-state index contributed by atoms with van der Waals surface area (Å²) < 4.78 is 7.04. The van der Waals surface area contributed by atoms with Crippen LogP contribution in [0.25, 0.3) is 5.65 Å². The number of benzene rings is 1. The van der Waals surface area contributed by atoms with Gasteiger partial charge in [0.25, 0.3) is 0 Å². The van der Waals surface area contributed by atoms with Gasteiger partial charge in [-0.25, -0.2) is 9.50 Å². The summed E-state index contributed by atoms with van der Waals surface area (Å²) >= 11 is 0. The number of nitrogens with one attached hydrogen (secondary N) is 1. The number of carbonyl (C=O) groups is 1. The molecular weight excluding hydrogens is 292 g/mol. The highest BCUT2D eigenvalue weighted by Gasteiger charge is 2.06. The van der Waals surface area contributed by atoms with E-state index in [1.165, 1.54) is 0 Å². The minimum absolute atomic E-state index is 0.0784. The molecule has 6 nitrogen and oxygen atoms in total. The van der Waals surface area contributed by atoms with Crippen LogP contribution >= 0.6 is 0 Å². The van der Waals surface area contributed by atoms with Crippen molar-refractivity contribution in [1.29, 1.82) is 0 Å². The van der Waals surface area contributed by atoms with E-state index in [1.807, 2.05) is 50.2 Å². The summed E-state index contributed by atoms with van der Waals surface area (Å²) in [6.07, 6.45) is 2.06. The van der Waals surface area contributed by atoms with Gasteiger partial charge >= 0.3 is 0 Å². The molecule has 23 heavy (non-hydrogen) atoms. The second-order valence-corrected chi connectivity index (χ2v) is 5.18. The minimum Gasteiger partial charge on any atom is -0.494 e. The van der Waals surface area contributed by atoms with Crippen LogP contribution in [0, 0.1) is 6.92 Å². The lowest BCUT2D eigenvalue weighted by Gasteiger charge is -2.07. The van der Waals surface area contributed by atoms with E-state index in [1.54, 1.807) is 10.7 Å². The predicted octanol–water partition coefficient (Wildman–Crippen LogP) is 2.62. The average Bonchev–Trinajstić information content (AvgIpc) is 2.89. The Morgan fingerprint density at radius 2 is 2.00 bits per heavy atom. The molecule has 0 aliphatic carbocycles. The summed E-state index contributed by atoms with van der Waals surface area (Å²) in [6, 6.07) is 11.2. The molecule has 0 radical (unpaired) electrons. The maximum absolute atomic E-state index is 12.1. The number of carbonyl (C=O) groups excluding carboxylic acids is 1. The first-order valence-corrected chi connectivity index (χ1v) is 7.48. The Morgan fingerprint density at radius 3 is 2.74 bits per heavy atom. The zero-order valence-electron chi connectivity index (χ0n) is 13.1. The lowest BCUT2D eigenvalue weighted by Crippen LogP contribution is -2.14. The number of amides is 1. The number of fused-ring (bicyclic) bond motifs is 1. The molecular formula is C17H18N4O2. The molecule has 118 valence electrons. The van der Waals surface area contributed by atoms with Crippen molar-refractivity contribution in [1.82, 2.24) is 14.6 Å². The summed E-state index contributed by atoms with van der Waals surface area (Å²) in [6.45, 7) is 4.40. The van der Waals surface area contributed by atoms with Gasteiger partial charge in [0.15, 0.2) is 5.65 Å². The van der Waals surface area contributed by atoms with Crippen molar-refractivity contribution in [2.75, 3.05) is 11.9 Å². The Morgan fingerprint density at radius 1 is 1.22 bits per heavy atom. The normalized spacial score (nSPS) is 10.7. The van der Waals surface area contributed by atoms with E-state index in [0.29, 0.717) is 24.5 Å². The standard InChI is InChI=1S/C17H18N4O2/c1-3-23-15-7-4-13(5-8-15)10-17(22)19-14-6-9-16-18-12(2)20-21(16)11-14/h4-9,11H,3,10H2,1-2H3,(H,19,22). The van der Waals surface area contributed by atoms with Gasteiger partial charge in [0, 0.05) is 0 Å². The maximum atomic E-state index is 12.1. The molecule has 0 aliphatic heterocycles. The fourth-order valence-corrected chi connectivity index (χ4v) is 2.33. The Hall–Kier alpha value is -2.89. The van der Waals surface area contributed by atoms with Crippen LogP contribution in [0.15, 0.2) is 42.6 Å². The second kappa shape index (κ2) is 6.48. The number of hydrogen-bond donors (Lipinski definition) is 1. The number of anilines is 1. The Bertz CT molecular complexity index is 824. The highest BCUT2D eigenvalue weighted by molar-refractivity contribution is 5.92. The van der Waals surface area contributed by atoms with Crippen LogP contribution < -0.4 is 10.1 Å². The summed E-state index contributed by atoms with van der Waals surface area (Å²) in [4.78, 5) is 16.4. The first-order valence-electron chi connectivity index (χ1n) is 7.48. The van der Waals surface area contributed by atoms with Gasteiger partial charge in [-0.1, -0.05) is 12.1 Å². The smallest absolute Gasteiger partial charge is 0.228 e. The molecule has 2 heterocycles. The van der Waals surface area contributed by atoms with Crippen LogP contribution in [0.1, 0.15) is 18.3 Å². The van der Waals surface area contributed by atoms with E-state index < -0.39 is 0 Å². The molecule has 0 bridgehead atoms. The van der Waals surface area contributed by atoms with Crippen LogP contribution in [0.5, 0.6) is 5.75 Å². The molecule has 1 aromatic carbocycles. The van der Waals surface area contributed by atoms with Crippen molar-refractivity contribution >= 4 is 17.2 Å². The van der Waals surface area contributed by atoms with Crippen LogP contribution in [0.3, 0.4) is 0 Å². The number of nitrogens with zero attached hydrogens (tertiary/aromatic N) is 3. The van der Waals surface area contributed by atoms with Crippen molar-refractivity contribution < 1.29 is 9.53 Å². The fraction of sp³-hybridized carbons (Fsp3) is 0.235. The first kappa shape index (κ1) is 15.0. The summed E-state index contributed by atoms with van der Waals surface area (Å²) in [5, 5.41) is 7.11. The molecule has 3 rings (SSSR count). The van der Waals surface area contributed by atoms with Crippen LogP contribution in [0.2, 0.25) is 0 Å². The van der Waals surface area contributed by atoms with E-state index in [-0.39, 0.29) is 5.91 Å². The SMILES string of the molecule is CCOc1ccc(CC(=O)Nc2ccc3nc(C)nn3c2)cc1. The van der Waals surface area contributed by atoms with Gasteiger partial charge in [0.05, 0.1) is 24.9 Å². The Balaban J connectivity index is 1.65. The van der Waals surface area contributed by atoms with Crippen LogP contribution in [-0.4, -0.2) is 27.1 Å². The largest absolute Gasteiger partial charge is 0.494 e. The first-order chi connectivity index (χ1) is 11.1.